The average molecular weight is 447 g/mol. The summed E-state index contributed by atoms with van der Waals surface area (Å²) in [5.41, 5.74) is 1.67. The van der Waals surface area contributed by atoms with Gasteiger partial charge in [0.2, 0.25) is 0 Å². The van der Waals surface area contributed by atoms with Crippen molar-refractivity contribution in [1.29, 1.82) is 0 Å². The molecule has 2 aliphatic rings. The largest absolute Gasteiger partial charge is 0.444 e. The first-order valence-electron chi connectivity index (χ1n) is 10.0. The minimum atomic E-state index is -0.603. The van der Waals surface area contributed by atoms with E-state index in [-0.39, 0.29) is 29.5 Å². The second-order valence-electron chi connectivity index (χ2n) is 8.82. The Kier molecular flexibility index (Phi) is 5.29. The van der Waals surface area contributed by atoms with Crippen molar-refractivity contribution in [3.63, 3.8) is 0 Å². The minimum absolute atomic E-state index is 0.180. The second-order valence-corrected chi connectivity index (χ2v) is 9.21. The molecule has 0 saturated carbocycles. The molecule has 7 nitrogen and oxygen atoms in total. The normalized spacial score (nSPS) is 16.8. The van der Waals surface area contributed by atoms with E-state index in [1.165, 1.54) is 11.0 Å². The summed E-state index contributed by atoms with van der Waals surface area (Å²) in [4.78, 5) is 34.5. The Hall–Kier alpha value is -2.87. The van der Waals surface area contributed by atoms with E-state index in [4.69, 9.17) is 16.3 Å². The molecule has 3 heterocycles. The maximum atomic E-state index is 14.7. The lowest BCUT2D eigenvalue weighted by molar-refractivity contribution is 0.00862. The fourth-order valence-electron chi connectivity index (χ4n) is 3.85. The molecule has 0 bridgehead atoms. The summed E-state index contributed by atoms with van der Waals surface area (Å²) in [6, 6.07) is 5.70. The molecule has 1 saturated heterocycles. The van der Waals surface area contributed by atoms with Crippen LogP contribution in [-0.2, 0) is 11.3 Å². The van der Waals surface area contributed by atoms with Gasteiger partial charge < -0.3 is 9.64 Å². The minimum Gasteiger partial charge on any atom is -0.444 e. The molecular weight excluding hydrogens is 423 g/mol. The molecule has 0 aliphatic carbocycles. The Bertz CT molecular complexity index is 1030. The van der Waals surface area contributed by atoms with Gasteiger partial charge in [0.05, 0.1) is 24.0 Å². The predicted molar refractivity (Wildman–Crippen MR) is 116 cm³/mol. The van der Waals surface area contributed by atoms with E-state index in [1.54, 1.807) is 61.9 Å². The molecule has 2 aromatic rings. The molecule has 3 amide bonds. The standard InChI is InChI=1S/C22H24ClFN4O3/c1-13-6-5-7-16(24)19(13)27-10-14-9-25-18(23)8-17(14)28(20(27)29)15-11-26(12-15)21(30)31-22(2,3)4/h5-9,15H,10-12H2,1-4H3. The van der Waals surface area contributed by atoms with Gasteiger partial charge in [-0.3, -0.25) is 9.80 Å². The molecule has 1 aromatic heterocycles. The predicted octanol–water partition coefficient (Wildman–Crippen LogP) is 4.75. The number of nitrogens with zero attached hydrogens (tertiary/aromatic N) is 4. The first kappa shape index (κ1) is 21.4. The van der Waals surface area contributed by atoms with Crippen LogP contribution in [0.4, 0.5) is 25.4 Å². The van der Waals surface area contributed by atoms with Gasteiger partial charge in [0.1, 0.15) is 16.6 Å². The van der Waals surface area contributed by atoms with Crippen molar-refractivity contribution in [2.24, 2.45) is 0 Å². The van der Waals surface area contributed by atoms with Crippen LogP contribution in [0.1, 0.15) is 31.9 Å². The van der Waals surface area contributed by atoms with Crippen LogP contribution in [-0.4, -0.2) is 46.7 Å². The lowest BCUT2D eigenvalue weighted by atomic mass is 10.0. The number of ether oxygens (including phenoxy) is 1. The molecule has 31 heavy (non-hydrogen) atoms. The van der Waals surface area contributed by atoms with Crippen LogP contribution in [0.15, 0.2) is 30.5 Å². The SMILES string of the molecule is Cc1cccc(F)c1N1Cc2cnc(Cl)cc2N(C2CN(C(=O)OC(C)(C)C)C2)C1=O. The zero-order valence-electron chi connectivity index (χ0n) is 17.9. The molecule has 4 rings (SSSR count). The topological polar surface area (TPSA) is 66.0 Å². The number of pyridine rings is 1. The quantitative estimate of drug-likeness (QED) is 0.624. The first-order valence-corrected chi connectivity index (χ1v) is 10.4. The number of urea groups is 1. The number of benzene rings is 1. The van der Waals surface area contributed by atoms with Crippen LogP contribution < -0.4 is 9.80 Å². The van der Waals surface area contributed by atoms with Crippen LogP contribution in [0.5, 0.6) is 0 Å². The number of carbonyl (C=O) groups excluding carboxylic acids is 2. The Morgan fingerprint density at radius 3 is 2.65 bits per heavy atom. The fraction of sp³-hybridized carbons (Fsp3) is 0.409. The third-order valence-corrected chi connectivity index (χ3v) is 5.50. The molecule has 0 unspecified atom stereocenters. The molecule has 1 fully saturated rings. The third kappa shape index (κ3) is 4.04. The molecular formula is C22H24ClFN4O3. The summed E-state index contributed by atoms with van der Waals surface area (Å²) in [6.45, 7) is 7.97. The molecule has 9 heteroatoms. The van der Waals surface area contributed by atoms with Gasteiger partial charge in [-0.2, -0.15) is 0 Å². The summed E-state index contributed by atoms with van der Waals surface area (Å²) in [5, 5.41) is 0.260. The Morgan fingerprint density at radius 1 is 1.29 bits per heavy atom. The van der Waals surface area contributed by atoms with Crippen molar-refractivity contribution >= 4 is 35.1 Å². The van der Waals surface area contributed by atoms with Crippen LogP contribution in [0.2, 0.25) is 5.15 Å². The van der Waals surface area contributed by atoms with Gasteiger partial charge in [-0.25, -0.2) is 19.0 Å². The molecule has 0 radical (unpaired) electrons. The van der Waals surface area contributed by atoms with E-state index in [9.17, 15) is 14.0 Å². The number of halogens is 2. The number of aromatic nitrogens is 1. The van der Waals surface area contributed by atoms with Crippen molar-refractivity contribution in [1.82, 2.24) is 9.88 Å². The number of rotatable bonds is 2. The fourth-order valence-corrected chi connectivity index (χ4v) is 4.00. The average Bonchev–Trinajstić information content (AvgIpc) is 2.61. The van der Waals surface area contributed by atoms with Crippen molar-refractivity contribution < 1.29 is 18.7 Å². The number of amides is 3. The Balaban J connectivity index is 1.65. The Labute approximate surface area is 185 Å². The molecule has 164 valence electrons. The maximum absolute atomic E-state index is 14.7. The summed E-state index contributed by atoms with van der Waals surface area (Å²) in [7, 11) is 0. The lowest BCUT2D eigenvalue weighted by Crippen LogP contribution is -2.66. The Morgan fingerprint density at radius 2 is 2.00 bits per heavy atom. The van der Waals surface area contributed by atoms with Crippen molar-refractivity contribution in [3.05, 3.63) is 52.6 Å². The van der Waals surface area contributed by atoms with E-state index in [0.29, 0.717) is 24.3 Å². The molecule has 2 aliphatic heterocycles. The number of hydrogen-bond acceptors (Lipinski definition) is 4. The highest BCUT2D eigenvalue weighted by molar-refractivity contribution is 6.29. The van der Waals surface area contributed by atoms with Crippen LogP contribution in [0.25, 0.3) is 0 Å². The molecule has 0 N–H and O–H groups in total. The van der Waals surface area contributed by atoms with Crippen molar-refractivity contribution in [3.8, 4) is 0 Å². The number of para-hydroxylation sites is 1. The first-order chi connectivity index (χ1) is 14.5. The summed E-state index contributed by atoms with van der Waals surface area (Å²) in [6.07, 6.45) is 1.17. The van der Waals surface area contributed by atoms with Crippen LogP contribution in [0.3, 0.4) is 0 Å². The van der Waals surface area contributed by atoms with Gasteiger partial charge >= 0.3 is 12.1 Å². The number of anilines is 2. The van der Waals surface area contributed by atoms with E-state index >= 15 is 0 Å². The van der Waals surface area contributed by atoms with E-state index in [2.05, 4.69) is 4.98 Å². The number of hydrogen-bond donors (Lipinski definition) is 0. The van der Waals surface area contributed by atoms with Crippen LogP contribution >= 0.6 is 11.6 Å². The van der Waals surface area contributed by atoms with E-state index in [0.717, 1.165) is 5.56 Å². The number of likely N-dealkylation sites (tertiary alicyclic amines) is 1. The van der Waals surface area contributed by atoms with E-state index in [1.807, 2.05) is 0 Å². The van der Waals surface area contributed by atoms with Gasteiger partial charge in [0.25, 0.3) is 0 Å². The lowest BCUT2D eigenvalue weighted by Gasteiger charge is -2.48. The van der Waals surface area contributed by atoms with Gasteiger partial charge in [-0.1, -0.05) is 23.7 Å². The van der Waals surface area contributed by atoms with Crippen molar-refractivity contribution in [2.45, 2.75) is 45.9 Å². The maximum Gasteiger partial charge on any atom is 0.410 e. The molecule has 1 aromatic carbocycles. The number of fused-ring (bicyclic) bond motifs is 1. The summed E-state index contributed by atoms with van der Waals surface area (Å²) >= 11 is 6.10. The van der Waals surface area contributed by atoms with Gasteiger partial charge in [-0.05, 0) is 45.4 Å². The van der Waals surface area contributed by atoms with E-state index < -0.39 is 17.5 Å². The monoisotopic (exact) mass is 446 g/mol. The smallest absolute Gasteiger partial charge is 0.410 e. The van der Waals surface area contributed by atoms with Gasteiger partial charge in [-0.15, -0.1) is 0 Å². The highest BCUT2D eigenvalue weighted by Gasteiger charge is 2.44. The molecule has 0 spiro atoms. The summed E-state index contributed by atoms with van der Waals surface area (Å²) in [5.74, 6) is -0.470. The zero-order chi connectivity index (χ0) is 22.5. The highest BCUT2D eigenvalue weighted by atomic mass is 35.5. The highest BCUT2D eigenvalue weighted by Crippen LogP contribution is 2.38. The zero-order valence-corrected chi connectivity index (χ0v) is 18.6. The van der Waals surface area contributed by atoms with Crippen LogP contribution in [0, 0.1) is 12.7 Å². The third-order valence-electron chi connectivity index (χ3n) is 5.29. The number of carbonyl (C=O) groups is 2. The van der Waals surface area contributed by atoms with Crippen molar-refractivity contribution in [2.75, 3.05) is 22.9 Å². The number of aryl methyl sites for hydroxylation is 1. The van der Waals surface area contributed by atoms with Gasteiger partial charge in [0, 0.05) is 24.8 Å². The second kappa shape index (κ2) is 7.67. The van der Waals surface area contributed by atoms with Gasteiger partial charge in [0.15, 0.2) is 0 Å². The molecule has 0 atom stereocenters. The summed E-state index contributed by atoms with van der Waals surface area (Å²) < 4.78 is 20.1.